The van der Waals surface area contributed by atoms with E-state index in [2.05, 4.69) is 5.16 Å². The van der Waals surface area contributed by atoms with Crippen LogP contribution in [-0.4, -0.2) is 30.7 Å². The quantitative estimate of drug-likeness (QED) is 0.763. The molecule has 24 heavy (non-hydrogen) atoms. The van der Waals surface area contributed by atoms with Gasteiger partial charge in [-0.25, -0.2) is 4.79 Å². The number of nitrogens with two attached hydrogens (primary N) is 1. The van der Waals surface area contributed by atoms with Crippen molar-refractivity contribution in [3.63, 3.8) is 0 Å². The summed E-state index contributed by atoms with van der Waals surface area (Å²) in [5.74, 6) is 0.0801. The summed E-state index contributed by atoms with van der Waals surface area (Å²) in [5.41, 5.74) is 6.75. The fourth-order valence-corrected chi connectivity index (χ4v) is 1.99. The number of hydrogen-bond donors (Lipinski definition) is 1. The fraction of sp³-hybridized carbons (Fsp3) is 0.312. The smallest absolute Gasteiger partial charge is 0.338 e. The largest absolute Gasteiger partial charge is 0.493 e. The van der Waals surface area contributed by atoms with Crippen LogP contribution in [0.4, 0.5) is 0 Å². The van der Waals surface area contributed by atoms with Crippen molar-refractivity contribution in [1.29, 1.82) is 0 Å². The first-order valence-corrected chi connectivity index (χ1v) is 7.10. The minimum atomic E-state index is -0.727. The number of hydrogen-bond acceptors (Lipinski definition) is 7. The number of amides is 1. The van der Waals surface area contributed by atoms with Crippen LogP contribution in [0.5, 0.6) is 11.5 Å². The molecular formula is C16H18N2O6. The molecule has 2 rings (SSSR count). The second-order valence-corrected chi connectivity index (χ2v) is 5.00. The fourth-order valence-electron chi connectivity index (χ4n) is 1.99. The number of ether oxygens (including phenoxy) is 3. The maximum atomic E-state index is 11.8. The predicted molar refractivity (Wildman–Crippen MR) is 82.8 cm³/mol. The predicted octanol–water partition coefficient (Wildman–Crippen LogP) is 1.52. The molecule has 1 aromatic heterocycles. The Kier molecular flexibility index (Phi) is 5.41. The Morgan fingerprint density at radius 3 is 2.58 bits per heavy atom. The maximum absolute atomic E-state index is 11.8. The molecule has 8 heteroatoms. The first kappa shape index (κ1) is 17.3. The van der Waals surface area contributed by atoms with Crippen LogP contribution in [0.15, 0.2) is 22.7 Å². The first-order valence-electron chi connectivity index (χ1n) is 7.10. The lowest BCUT2D eigenvalue weighted by Crippen LogP contribution is -2.20. The molecule has 0 atom stereocenters. The summed E-state index contributed by atoms with van der Waals surface area (Å²) in [6.45, 7) is 3.40. The topological polar surface area (TPSA) is 114 Å². The second-order valence-electron chi connectivity index (χ2n) is 5.00. The molecule has 1 aromatic carbocycles. The molecule has 0 aliphatic carbocycles. The Morgan fingerprint density at radius 1 is 1.25 bits per heavy atom. The normalized spacial score (nSPS) is 10.3. The number of methoxy groups -OCH3 is 1. The number of aryl methyl sites for hydroxylation is 2. The van der Waals surface area contributed by atoms with Crippen molar-refractivity contribution >= 4 is 11.9 Å². The molecule has 0 aliphatic heterocycles. The zero-order valence-electron chi connectivity index (χ0n) is 13.6. The first-order chi connectivity index (χ1) is 11.4. The van der Waals surface area contributed by atoms with Gasteiger partial charge in [0, 0.05) is 0 Å². The van der Waals surface area contributed by atoms with Crippen molar-refractivity contribution in [2.24, 2.45) is 5.73 Å². The molecule has 0 aliphatic rings. The van der Waals surface area contributed by atoms with Gasteiger partial charge < -0.3 is 24.5 Å². The van der Waals surface area contributed by atoms with Crippen LogP contribution in [0.2, 0.25) is 0 Å². The standard InChI is InChI=1S/C16H18N2O6/c1-9-12(10(2)24-18-9)7-22-13-5-4-11(6-14(13)21-3)16(20)23-8-15(17)19/h4-6H,7-8H2,1-3H3,(H2,17,19). The number of nitrogens with zero attached hydrogens (tertiary/aromatic N) is 1. The zero-order valence-corrected chi connectivity index (χ0v) is 13.6. The Balaban J connectivity index is 2.11. The van der Waals surface area contributed by atoms with E-state index in [4.69, 9.17) is 24.5 Å². The van der Waals surface area contributed by atoms with Crippen molar-refractivity contribution in [2.75, 3.05) is 13.7 Å². The van der Waals surface area contributed by atoms with E-state index < -0.39 is 18.5 Å². The van der Waals surface area contributed by atoms with E-state index in [0.717, 1.165) is 11.3 Å². The number of benzene rings is 1. The van der Waals surface area contributed by atoms with Gasteiger partial charge in [-0.2, -0.15) is 0 Å². The third-order valence-corrected chi connectivity index (χ3v) is 3.30. The monoisotopic (exact) mass is 334 g/mol. The lowest BCUT2D eigenvalue weighted by atomic mass is 10.2. The van der Waals surface area contributed by atoms with Gasteiger partial charge in [0.1, 0.15) is 12.4 Å². The SMILES string of the molecule is COc1cc(C(=O)OCC(N)=O)ccc1OCc1c(C)noc1C. The van der Waals surface area contributed by atoms with Gasteiger partial charge in [0.05, 0.1) is 23.9 Å². The average Bonchev–Trinajstić information content (AvgIpc) is 2.88. The highest BCUT2D eigenvalue weighted by Crippen LogP contribution is 2.29. The van der Waals surface area contributed by atoms with Crippen molar-refractivity contribution < 1.29 is 28.3 Å². The number of rotatable bonds is 7. The molecule has 0 spiro atoms. The van der Waals surface area contributed by atoms with E-state index in [1.807, 2.05) is 6.92 Å². The van der Waals surface area contributed by atoms with Crippen molar-refractivity contribution in [3.05, 3.63) is 40.8 Å². The highest BCUT2D eigenvalue weighted by molar-refractivity contribution is 5.91. The molecule has 2 N–H and O–H groups in total. The minimum absolute atomic E-state index is 0.220. The molecule has 1 amide bonds. The van der Waals surface area contributed by atoms with Gasteiger partial charge in [0.15, 0.2) is 18.1 Å². The summed E-state index contributed by atoms with van der Waals surface area (Å²) >= 11 is 0. The van der Waals surface area contributed by atoms with Crippen LogP contribution in [0.1, 0.15) is 27.4 Å². The van der Waals surface area contributed by atoms with Gasteiger partial charge in [0.25, 0.3) is 5.91 Å². The molecule has 1 heterocycles. The number of primary amides is 1. The molecule has 0 saturated carbocycles. The molecule has 128 valence electrons. The van der Waals surface area contributed by atoms with Crippen LogP contribution >= 0.6 is 0 Å². The van der Waals surface area contributed by atoms with Crippen LogP contribution in [-0.2, 0) is 16.1 Å². The molecule has 2 aromatic rings. The Bertz CT molecular complexity index is 734. The van der Waals surface area contributed by atoms with E-state index in [0.29, 0.717) is 17.3 Å². The molecule has 0 saturated heterocycles. The summed E-state index contributed by atoms with van der Waals surface area (Å²) in [4.78, 5) is 22.5. The minimum Gasteiger partial charge on any atom is -0.493 e. The molecular weight excluding hydrogens is 316 g/mol. The molecule has 0 unspecified atom stereocenters. The molecule has 0 radical (unpaired) electrons. The Morgan fingerprint density at radius 2 is 2.00 bits per heavy atom. The zero-order chi connectivity index (χ0) is 17.7. The van der Waals surface area contributed by atoms with Gasteiger partial charge >= 0.3 is 5.97 Å². The third-order valence-electron chi connectivity index (χ3n) is 3.30. The summed E-state index contributed by atoms with van der Waals surface area (Å²) in [7, 11) is 1.45. The maximum Gasteiger partial charge on any atom is 0.338 e. The van der Waals surface area contributed by atoms with E-state index in [9.17, 15) is 9.59 Å². The number of carbonyl (C=O) groups is 2. The summed E-state index contributed by atoms with van der Waals surface area (Å²) in [5, 5.41) is 3.86. The van der Waals surface area contributed by atoms with Gasteiger partial charge in [-0.1, -0.05) is 5.16 Å². The van der Waals surface area contributed by atoms with Crippen LogP contribution in [0.25, 0.3) is 0 Å². The number of esters is 1. The second kappa shape index (κ2) is 7.49. The Hall–Kier alpha value is -3.03. The van der Waals surface area contributed by atoms with Crippen LogP contribution in [0, 0.1) is 13.8 Å². The molecule has 0 bridgehead atoms. The highest BCUT2D eigenvalue weighted by Gasteiger charge is 2.15. The highest BCUT2D eigenvalue weighted by atomic mass is 16.5. The van der Waals surface area contributed by atoms with Crippen LogP contribution in [0.3, 0.4) is 0 Å². The van der Waals surface area contributed by atoms with Crippen molar-refractivity contribution in [1.82, 2.24) is 5.16 Å². The van der Waals surface area contributed by atoms with E-state index in [1.165, 1.54) is 19.2 Å². The van der Waals surface area contributed by atoms with Crippen molar-refractivity contribution in [2.45, 2.75) is 20.5 Å². The van der Waals surface area contributed by atoms with Crippen molar-refractivity contribution in [3.8, 4) is 11.5 Å². The van der Waals surface area contributed by atoms with E-state index in [1.54, 1.807) is 13.0 Å². The van der Waals surface area contributed by atoms with E-state index >= 15 is 0 Å². The number of carbonyl (C=O) groups excluding carboxylic acids is 2. The van der Waals surface area contributed by atoms with Gasteiger partial charge in [-0.05, 0) is 32.0 Å². The third kappa shape index (κ3) is 4.03. The Labute approximate surface area is 138 Å². The lowest BCUT2D eigenvalue weighted by Gasteiger charge is -2.12. The molecule has 8 nitrogen and oxygen atoms in total. The van der Waals surface area contributed by atoms with Crippen LogP contribution < -0.4 is 15.2 Å². The van der Waals surface area contributed by atoms with Gasteiger partial charge in [-0.3, -0.25) is 4.79 Å². The van der Waals surface area contributed by atoms with Gasteiger partial charge in [-0.15, -0.1) is 0 Å². The number of aromatic nitrogens is 1. The summed E-state index contributed by atoms with van der Waals surface area (Å²) in [6.07, 6.45) is 0. The summed E-state index contributed by atoms with van der Waals surface area (Å²) < 4.78 is 20.8. The van der Waals surface area contributed by atoms with Gasteiger partial charge in [0.2, 0.25) is 0 Å². The van der Waals surface area contributed by atoms with E-state index in [-0.39, 0.29) is 12.2 Å². The molecule has 0 fully saturated rings. The summed E-state index contributed by atoms with van der Waals surface area (Å²) in [6, 6.07) is 4.55. The average molecular weight is 334 g/mol. The lowest BCUT2D eigenvalue weighted by molar-refractivity contribution is -0.121.